The van der Waals surface area contributed by atoms with Crippen LogP contribution >= 0.6 is 8.16 Å². The molecule has 0 spiro atoms. The molecule has 266 valence electrons. The second-order valence-corrected chi connectivity index (χ2v) is 14.7. The molecule has 4 heterocycles. The Balaban J connectivity index is 1.30. The first-order chi connectivity index (χ1) is 26.6. The number of benzene rings is 6. The number of fused-ring (bicyclic) bond motifs is 7. The van der Waals surface area contributed by atoms with Gasteiger partial charge in [-0.2, -0.15) is 0 Å². The Morgan fingerprint density at radius 3 is 1.46 bits per heavy atom. The monoisotopic (exact) mass is 731 g/mol. The fraction of sp³-hybridized carbons (Fsp3) is 0.143. The van der Waals surface area contributed by atoms with Crippen LogP contribution in [-0.2, 0) is 0 Å². The molecule has 6 aromatic carbocycles. The van der Waals surface area contributed by atoms with Gasteiger partial charge in [-0.05, 0) is 95.1 Å². The summed E-state index contributed by atoms with van der Waals surface area (Å²) < 4.78 is 31.1. The highest BCUT2D eigenvalue weighted by Gasteiger charge is 2.25. The molecule has 9 aromatic rings. The van der Waals surface area contributed by atoms with E-state index in [0.29, 0.717) is 11.4 Å². The zero-order valence-electron chi connectivity index (χ0n) is 29.6. The van der Waals surface area contributed by atoms with Crippen LogP contribution in [0.2, 0.25) is 0 Å². The van der Waals surface area contributed by atoms with Crippen LogP contribution in [0.4, 0.5) is 0 Å². The van der Waals surface area contributed by atoms with E-state index >= 15 is 0 Å². The van der Waals surface area contributed by atoms with Crippen molar-refractivity contribution in [2.24, 2.45) is 0 Å². The number of methoxy groups -OCH3 is 2. The van der Waals surface area contributed by atoms with Gasteiger partial charge in [0.05, 0.1) is 38.0 Å². The van der Waals surface area contributed by atoms with Gasteiger partial charge in [0, 0.05) is 35.0 Å². The summed E-state index contributed by atoms with van der Waals surface area (Å²) in [5.41, 5.74) is 6.24. The van der Waals surface area contributed by atoms with Crippen molar-refractivity contribution in [3.63, 3.8) is 0 Å². The molecule has 12 heteroatoms. The summed E-state index contributed by atoms with van der Waals surface area (Å²) in [6.45, 7) is 1.76. The largest absolute Gasteiger partial charge is 0.497 e. The molecule has 3 aromatic heterocycles. The first kappa shape index (κ1) is 32.2. The fourth-order valence-corrected chi connectivity index (χ4v) is 8.94. The normalized spacial score (nSPS) is 13.4. The summed E-state index contributed by atoms with van der Waals surface area (Å²) >= 11 is 0. The van der Waals surface area contributed by atoms with Crippen molar-refractivity contribution >= 4 is 51.6 Å². The van der Waals surface area contributed by atoms with Gasteiger partial charge in [0.2, 0.25) is 0 Å². The van der Waals surface area contributed by atoms with E-state index in [1.165, 1.54) is 0 Å². The van der Waals surface area contributed by atoms with E-state index in [1.54, 1.807) is 23.6 Å². The highest BCUT2D eigenvalue weighted by Crippen LogP contribution is 2.48. The Labute approximate surface area is 310 Å². The molecule has 0 N–H and O–H groups in total. The van der Waals surface area contributed by atoms with Crippen LogP contribution in [0.3, 0.4) is 0 Å². The smallest absolute Gasteiger partial charge is 0.309 e. The number of rotatable bonds is 7. The number of nitrogens with zero attached hydrogens (tertiary/aromatic N) is 7. The lowest BCUT2D eigenvalue weighted by Gasteiger charge is -2.10. The van der Waals surface area contributed by atoms with E-state index in [9.17, 15) is 0 Å². The van der Waals surface area contributed by atoms with Gasteiger partial charge >= 0.3 is 8.16 Å². The standard InChI is InChI=1S/C42H34N7O4P/c1-50-31-17-13-29(14-18-31)48-25-37(43-45-48)35-23-27-9-3-5-11-33(27)39-40-34-12-6-4-10-28(34)24-36(42(40)53-54(52-41(35)39)47-21-7-8-22-47)38-26-49(46-44-38)30-15-19-32(51-2)20-16-30/h3-6,9-20,23-26H,7-8,21-22H2,1-2H3. The van der Waals surface area contributed by atoms with Crippen molar-refractivity contribution in [1.29, 1.82) is 0 Å². The molecular weight excluding hydrogens is 697 g/mol. The summed E-state index contributed by atoms with van der Waals surface area (Å²) in [7, 11) is 1.73. The minimum atomic E-state index is -1.59. The molecule has 1 saturated heterocycles. The average Bonchev–Trinajstić information content (AvgIpc) is 4.03. The molecule has 0 aliphatic carbocycles. The van der Waals surface area contributed by atoms with Crippen LogP contribution in [-0.4, -0.2) is 57.3 Å². The quantitative estimate of drug-likeness (QED) is 0.158. The summed E-state index contributed by atoms with van der Waals surface area (Å²) in [6.07, 6.45) is 6.05. The lowest BCUT2D eigenvalue weighted by atomic mass is 9.93. The molecule has 1 fully saturated rings. The molecular formula is C42H34N7O4P. The summed E-state index contributed by atoms with van der Waals surface area (Å²) in [5, 5.41) is 24.7. The van der Waals surface area contributed by atoms with Gasteiger partial charge in [-0.1, -0.05) is 59.0 Å². The number of ether oxygens (including phenoxy) is 2. The molecule has 1 aliphatic rings. The fourth-order valence-electron chi connectivity index (χ4n) is 7.37. The molecule has 10 rings (SSSR count). The van der Waals surface area contributed by atoms with Crippen LogP contribution in [0, 0.1) is 0 Å². The first-order valence-electron chi connectivity index (χ1n) is 17.8. The number of hydrogen-bond donors (Lipinski definition) is 0. The van der Waals surface area contributed by atoms with Crippen LogP contribution in [0.15, 0.2) is 130 Å². The first-order valence-corrected chi connectivity index (χ1v) is 19.0. The van der Waals surface area contributed by atoms with Crippen LogP contribution in [0.5, 0.6) is 11.5 Å². The second kappa shape index (κ2) is 13.2. The van der Waals surface area contributed by atoms with Crippen molar-refractivity contribution < 1.29 is 17.9 Å². The summed E-state index contributed by atoms with van der Waals surface area (Å²) in [6, 6.07) is 36.7. The van der Waals surface area contributed by atoms with Gasteiger partial charge in [0.25, 0.3) is 0 Å². The Kier molecular flexibility index (Phi) is 7.89. The van der Waals surface area contributed by atoms with E-state index in [1.807, 2.05) is 60.9 Å². The van der Waals surface area contributed by atoms with Gasteiger partial charge in [-0.25, -0.2) is 14.0 Å². The van der Waals surface area contributed by atoms with Gasteiger partial charge in [-0.15, -0.1) is 10.2 Å². The maximum atomic E-state index is 7.22. The van der Waals surface area contributed by atoms with Crippen molar-refractivity contribution in [1.82, 2.24) is 30.0 Å². The predicted octanol–water partition coefficient (Wildman–Crippen LogP) is 9.84. The van der Waals surface area contributed by atoms with Crippen LogP contribution < -0.4 is 14.1 Å². The van der Waals surface area contributed by atoms with Crippen molar-refractivity contribution in [2.45, 2.75) is 12.8 Å². The SMILES string of the molecule is COc1ccc(-n2cc(-c3cc4ccccc4c4c3op(N3CCCC3)oc3c(-c5cn(-c6ccc(OC)cc6)nn5)cc5ccccc5c34)nn2)cc1. The third-order valence-electron chi connectivity index (χ3n) is 10.1. The molecule has 11 nitrogen and oxygen atoms in total. The predicted molar refractivity (Wildman–Crippen MR) is 212 cm³/mol. The maximum absolute atomic E-state index is 7.22. The highest BCUT2D eigenvalue weighted by molar-refractivity contribution is 7.39. The molecule has 54 heavy (non-hydrogen) atoms. The molecule has 0 saturated carbocycles. The van der Waals surface area contributed by atoms with E-state index in [2.05, 4.69) is 75.8 Å². The van der Waals surface area contributed by atoms with Gasteiger partial charge in [0.1, 0.15) is 22.9 Å². The van der Waals surface area contributed by atoms with Crippen molar-refractivity contribution in [3.8, 4) is 45.4 Å². The lowest BCUT2D eigenvalue weighted by molar-refractivity contribution is 0.414. The Hall–Kier alpha value is -6.42. The minimum Gasteiger partial charge on any atom is -0.497 e. The third-order valence-corrected chi connectivity index (χ3v) is 11.7. The Morgan fingerprint density at radius 1 is 0.574 bits per heavy atom. The van der Waals surface area contributed by atoms with Gasteiger partial charge < -0.3 is 17.9 Å². The van der Waals surface area contributed by atoms with E-state index < -0.39 is 8.16 Å². The Bertz CT molecular complexity index is 2690. The Morgan fingerprint density at radius 2 is 1.02 bits per heavy atom. The molecule has 0 bridgehead atoms. The third kappa shape index (κ3) is 5.48. The molecule has 1 aliphatic heterocycles. The maximum Gasteiger partial charge on any atom is 0.309 e. The average molecular weight is 732 g/mol. The van der Waals surface area contributed by atoms with Gasteiger partial charge in [0.15, 0.2) is 11.2 Å². The molecule has 0 unspecified atom stereocenters. The van der Waals surface area contributed by atoms with E-state index in [0.717, 1.165) is 103 Å². The highest BCUT2D eigenvalue weighted by atomic mass is 31.1. The molecule has 0 atom stereocenters. The lowest BCUT2D eigenvalue weighted by Crippen LogP contribution is -2.12. The van der Waals surface area contributed by atoms with Crippen LogP contribution in [0.1, 0.15) is 12.8 Å². The van der Waals surface area contributed by atoms with Gasteiger partial charge in [-0.3, -0.25) is 0 Å². The topological polar surface area (TPSA) is 109 Å². The zero-order chi connectivity index (χ0) is 36.2. The second-order valence-electron chi connectivity index (χ2n) is 13.3. The van der Waals surface area contributed by atoms with Crippen molar-refractivity contribution in [2.75, 3.05) is 32.0 Å². The van der Waals surface area contributed by atoms with Crippen LogP contribution in [0.25, 0.3) is 77.4 Å². The number of aromatic nitrogens is 6. The summed E-state index contributed by atoms with van der Waals surface area (Å²) in [4.78, 5) is 0. The van der Waals surface area contributed by atoms with Crippen molar-refractivity contribution in [3.05, 3.63) is 122 Å². The molecule has 0 radical (unpaired) electrons. The van der Waals surface area contributed by atoms with E-state index in [4.69, 9.17) is 28.1 Å². The number of hydrogen-bond acceptors (Lipinski definition) is 9. The summed E-state index contributed by atoms with van der Waals surface area (Å²) in [5.74, 6) is 1.55. The minimum absolute atomic E-state index is 0.690. The molecule has 0 amide bonds. The zero-order valence-corrected chi connectivity index (χ0v) is 30.5. The van der Waals surface area contributed by atoms with E-state index in [-0.39, 0.29) is 0 Å².